The van der Waals surface area contributed by atoms with Gasteiger partial charge < -0.3 is 9.47 Å². The van der Waals surface area contributed by atoms with Crippen LogP contribution in [0.2, 0.25) is 0 Å². The normalized spacial score (nSPS) is 15.6. The largest absolute Gasteiger partial charge is 0.376 e. The molecule has 0 radical (unpaired) electrons. The Morgan fingerprint density at radius 2 is 1.42 bits per heavy atom. The predicted molar refractivity (Wildman–Crippen MR) is 83.6 cm³/mol. The van der Waals surface area contributed by atoms with E-state index in [-0.39, 0.29) is 16.6 Å². The van der Waals surface area contributed by atoms with Gasteiger partial charge in [0.1, 0.15) is 0 Å². The molecule has 1 atom stereocenters. The Labute approximate surface area is 121 Å². The van der Waals surface area contributed by atoms with Crippen molar-refractivity contribution in [3.05, 3.63) is 0 Å². The van der Waals surface area contributed by atoms with Crippen molar-refractivity contribution in [1.82, 2.24) is 0 Å². The predicted octanol–water partition coefficient (Wildman–Crippen LogP) is 5.06. The van der Waals surface area contributed by atoms with Crippen LogP contribution in [-0.2, 0) is 9.47 Å². The smallest absolute Gasteiger partial charge is 0.0678 e. The molecule has 19 heavy (non-hydrogen) atoms. The molecule has 116 valence electrons. The van der Waals surface area contributed by atoms with Crippen LogP contribution < -0.4 is 0 Å². The van der Waals surface area contributed by atoms with Crippen LogP contribution in [0.3, 0.4) is 0 Å². The van der Waals surface area contributed by atoms with E-state index in [9.17, 15) is 0 Å². The second-order valence-electron chi connectivity index (χ2n) is 7.93. The van der Waals surface area contributed by atoms with Gasteiger partial charge >= 0.3 is 0 Å². The Balaban J connectivity index is 4.34. The highest BCUT2D eigenvalue weighted by Crippen LogP contribution is 2.37. The average molecular weight is 272 g/mol. The second-order valence-corrected chi connectivity index (χ2v) is 7.93. The number of hydrogen-bond donors (Lipinski definition) is 0. The highest BCUT2D eigenvalue weighted by Gasteiger charge is 2.38. The Bertz CT molecular complexity index is 248. The minimum Gasteiger partial charge on any atom is -0.376 e. The summed E-state index contributed by atoms with van der Waals surface area (Å²) in [6.45, 7) is 21.3. The summed E-state index contributed by atoms with van der Waals surface area (Å²) in [5, 5.41) is 0. The molecule has 0 spiro atoms. The fourth-order valence-corrected chi connectivity index (χ4v) is 1.58. The molecule has 0 rings (SSSR count). The maximum atomic E-state index is 6.17. The molecule has 0 fully saturated rings. The third kappa shape index (κ3) is 7.31. The standard InChI is InChI=1S/C17H36O2/c1-10-14(2)13-19-17(8,9)16(6,7)11-12-18-15(3,4)5/h14H,10-13H2,1-9H3. The van der Waals surface area contributed by atoms with E-state index >= 15 is 0 Å². The zero-order chi connectivity index (χ0) is 15.3. The molecule has 0 aromatic rings. The van der Waals surface area contributed by atoms with E-state index in [1.807, 2.05) is 0 Å². The third-order valence-corrected chi connectivity index (χ3v) is 4.32. The van der Waals surface area contributed by atoms with Crippen LogP contribution in [-0.4, -0.2) is 24.4 Å². The zero-order valence-corrected chi connectivity index (χ0v) is 14.7. The molecule has 0 saturated heterocycles. The Hall–Kier alpha value is -0.0800. The molecule has 0 heterocycles. The van der Waals surface area contributed by atoms with Crippen LogP contribution >= 0.6 is 0 Å². The van der Waals surface area contributed by atoms with Crippen molar-refractivity contribution in [3.8, 4) is 0 Å². The summed E-state index contributed by atoms with van der Waals surface area (Å²) in [4.78, 5) is 0. The van der Waals surface area contributed by atoms with Crippen molar-refractivity contribution in [2.24, 2.45) is 11.3 Å². The van der Waals surface area contributed by atoms with Gasteiger partial charge in [0, 0.05) is 13.2 Å². The molecule has 0 aromatic carbocycles. The summed E-state index contributed by atoms with van der Waals surface area (Å²) in [5.74, 6) is 0.626. The van der Waals surface area contributed by atoms with E-state index in [0.29, 0.717) is 5.92 Å². The van der Waals surface area contributed by atoms with Crippen LogP contribution in [0.1, 0.15) is 75.2 Å². The molecule has 0 aliphatic carbocycles. The Morgan fingerprint density at radius 1 is 0.895 bits per heavy atom. The molecule has 0 aliphatic heterocycles. The molecule has 2 nitrogen and oxygen atoms in total. The first kappa shape index (κ1) is 18.9. The lowest BCUT2D eigenvalue weighted by Gasteiger charge is -2.42. The monoisotopic (exact) mass is 272 g/mol. The number of rotatable bonds is 8. The van der Waals surface area contributed by atoms with E-state index < -0.39 is 0 Å². The van der Waals surface area contributed by atoms with Crippen LogP contribution in [0.5, 0.6) is 0 Å². The van der Waals surface area contributed by atoms with Crippen LogP contribution in [0.4, 0.5) is 0 Å². The van der Waals surface area contributed by atoms with E-state index in [2.05, 4.69) is 62.3 Å². The Morgan fingerprint density at radius 3 is 1.84 bits per heavy atom. The van der Waals surface area contributed by atoms with Crippen molar-refractivity contribution in [1.29, 1.82) is 0 Å². The van der Waals surface area contributed by atoms with Gasteiger partial charge in [0.2, 0.25) is 0 Å². The fraction of sp³-hybridized carbons (Fsp3) is 1.00. The minimum absolute atomic E-state index is 0.0577. The molecule has 0 aliphatic rings. The molecular formula is C17H36O2. The first-order chi connectivity index (χ1) is 8.41. The Kier molecular flexibility index (Phi) is 7.05. The van der Waals surface area contributed by atoms with Gasteiger partial charge in [-0.2, -0.15) is 0 Å². The molecule has 0 amide bonds. The van der Waals surface area contributed by atoms with Crippen molar-refractivity contribution < 1.29 is 9.47 Å². The molecule has 0 N–H and O–H groups in total. The molecular weight excluding hydrogens is 236 g/mol. The maximum Gasteiger partial charge on any atom is 0.0678 e. The number of ether oxygens (including phenoxy) is 2. The summed E-state index contributed by atoms with van der Waals surface area (Å²) < 4.78 is 12.0. The van der Waals surface area contributed by atoms with Crippen molar-refractivity contribution in [2.45, 2.75) is 86.4 Å². The summed E-state index contributed by atoms with van der Waals surface area (Å²) in [6, 6.07) is 0. The molecule has 0 aromatic heterocycles. The SMILES string of the molecule is CCC(C)COC(C)(C)C(C)(C)CCOC(C)(C)C. The van der Waals surface area contributed by atoms with Gasteiger partial charge in [-0.3, -0.25) is 0 Å². The van der Waals surface area contributed by atoms with Gasteiger partial charge in [0.25, 0.3) is 0 Å². The molecule has 2 heteroatoms. The third-order valence-electron chi connectivity index (χ3n) is 4.32. The van der Waals surface area contributed by atoms with E-state index in [1.165, 1.54) is 6.42 Å². The summed E-state index contributed by atoms with van der Waals surface area (Å²) >= 11 is 0. The summed E-state index contributed by atoms with van der Waals surface area (Å²) in [5.41, 5.74) is -0.0822. The first-order valence-electron chi connectivity index (χ1n) is 7.69. The first-order valence-corrected chi connectivity index (χ1v) is 7.69. The van der Waals surface area contributed by atoms with Gasteiger partial charge in [0.05, 0.1) is 11.2 Å². The van der Waals surface area contributed by atoms with Gasteiger partial charge in [-0.05, 0) is 52.4 Å². The van der Waals surface area contributed by atoms with Crippen molar-refractivity contribution in [3.63, 3.8) is 0 Å². The van der Waals surface area contributed by atoms with Gasteiger partial charge in [-0.25, -0.2) is 0 Å². The van der Waals surface area contributed by atoms with E-state index in [1.54, 1.807) is 0 Å². The van der Waals surface area contributed by atoms with E-state index in [4.69, 9.17) is 9.47 Å². The van der Waals surface area contributed by atoms with Crippen LogP contribution in [0.15, 0.2) is 0 Å². The van der Waals surface area contributed by atoms with E-state index in [0.717, 1.165) is 19.6 Å². The molecule has 0 saturated carbocycles. The lowest BCUT2D eigenvalue weighted by Crippen LogP contribution is -2.43. The summed E-state index contributed by atoms with van der Waals surface area (Å²) in [7, 11) is 0. The second kappa shape index (κ2) is 7.08. The van der Waals surface area contributed by atoms with Gasteiger partial charge in [0.15, 0.2) is 0 Å². The lowest BCUT2D eigenvalue weighted by atomic mass is 9.74. The molecule has 0 bridgehead atoms. The highest BCUT2D eigenvalue weighted by molar-refractivity contribution is 4.88. The lowest BCUT2D eigenvalue weighted by molar-refractivity contribution is -0.122. The summed E-state index contributed by atoms with van der Waals surface area (Å²) in [6.07, 6.45) is 2.18. The van der Waals surface area contributed by atoms with Crippen molar-refractivity contribution in [2.75, 3.05) is 13.2 Å². The van der Waals surface area contributed by atoms with Gasteiger partial charge in [-0.15, -0.1) is 0 Å². The quantitative estimate of drug-likeness (QED) is 0.615. The average Bonchev–Trinajstić information content (AvgIpc) is 2.23. The van der Waals surface area contributed by atoms with Crippen molar-refractivity contribution >= 4 is 0 Å². The van der Waals surface area contributed by atoms with Gasteiger partial charge in [-0.1, -0.05) is 34.1 Å². The van der Waals surface area contributed by atoms with Crippen LogP contribution in [0, 0.1) is 11.3 Å². The zero-order valence-electron chi connectivity index (χ0n) is 14.7. The minimum atomic E-state index is -0.127. The highest BCUT2D eigenvalue weighted by atomic mass is 16.5. The maximum absolute atomic E-state index is 6.17. The van der Waals surface area contributed by atoms with Crippen LogP contribution in [0.25, 0.3) is 0 Å². The number of hydrogen-bond acceptors (Lipinski definition) is 2. The fourth-order valence-electron chi connectivity index (χ4n) is 1.58. The molecule has 1 unspecified atom stereocenters. The topological polar surface area (TPSA) is 18.5 Å².